The zero-order valence-electron chi connectivity index (χ0n) is 19.1. The summed E-state index contributed by atoms with van der Waals surface area (Å²) in [7, 11) is -2.08. The molecular weight excluding hydrogens is 485 g/mol. The molecule has 0 aliphatic heterocycles. The molecule has 1 atom stereocenters. The van der Waals surface area contributed by atoms with E-state index < -0.39 is 16.1 Å². The van der Waals surface area contributed by atoms with Crippen molar-refractivity contribution >= 4 is 50.7 Å². The van der Waals surface area contributed by atoms with Gasteiger partial charge in [0.15, 0.2) is 0 Å². The van der Waals surface area contributed by atoms with E-state index in [0.29, 0.717) is 21.3 Å². The largest absolute Gasteiger partial charge is 0.357 e. The fourth-order valence-corrected chi connectivity index (χ4v) is 4.87. The van der Waals surface area contributed by atoms with Crippen LogP contribution in [-0.4, -0.2) is 51.0 Å². The van der Waals surface area contributed by atoms with E-state index in [1.54, 1.807) is 50.2 Å². The van der Waals surface area contributed by atoms with Gasteiger partial charge in [0.05, 0.1) is 11.9 Å². The minimum atomic E-state index is -3.59. The van der Waals surface area contributed by atoms with Crippen LogP contribution in [0.5, 0.6) is 0 Å². The molecule has 180 valence electrons. The highest BCUT2D eigenvalue weighted by atomic mass is 35.5. The number of carbonyl (C=O) groups is 2. The number of benzene rings is 2. The standard InChI is InChI=1S/C23H29Cl2N3O4S/c1-16-20(25)10-6-11-21(16)28(33(4,31)32)13-7-12-22(29)27(17(2)23(30)26-3)15-18-8-5-9-19(24)14-18/h5-6,8-11,14,17H,7,12-13,15H2,1-4H3,(H,26,30)/t17-/m0/s1. The Hall–Kier alpha value is -2.29. The quantitative estimate of drug-likeness (QED) is 0.519. The fourth-order valence-electron chi connectivity index (χ4n) is 3.47. The van der Waals surface area contributed by atoms with E-state index in [0.717, 1.165) is 11.8 Å². The lowest BCUT2D eigenvalue weighted by Gasteiger charge is -2.29. The van der Waals surface area contributed by atoms with Crippen LogP contribution in [-0.2, 0) is 26.2 Å². The van der Waals surface area contributed by atoms with Crippen molar-refractivity contribution in [2.45, 2.75) is 39.3 Å². The number of nitrogens with zero attached hydrogens (tertiary/aromatic N) is 2. The van der Waals surface area contributed by atoms with Gasteiger partial charge < -0.3 is 10.2 Å². The van der Waals surface area contributed by atoms with Gasteiger partial charge in [-0.3, -0.25) is 13.9 Å². The number of halogens is 2. The van der Waals surface area contributed by atoms with Gasteiger partial charge in [-0.25, -0.2) is 8.42 Å². The number of hydrogen-bond donors (Lipinski definition) is 1. The average Bonchev–Trinajstić information content (AvgIpc) is 2.75. The number of amides is 2. The Morgan fingerprint density at radius 3 is 2.39 bits per heavy atom. The van der Waals surface area contributed by atoms with E-state index in [1.165, 1.54) is 16.3 Å². The SMILES string of the molecule is CNC(=O)[C@H](C)N(Cc1cccc(Cl)c1)C(=O)CCCN(c1cccc(Cl)c1C)S(C)(=O)=O. The number of sulfonamides is 1. The van der Waals surface area contributed by atoms with Crippen molar-refractivity contribution < 1.29 is 18.0 Å². The summed E-state index contributed by atoms with van der Waals surface area (Å²) >= 11 is 12.2. The molecule has 0 saturated heterocycles. The van der Waals surface area contributed by atoms with Gasteiger partial charge in [0.25, 0.3) is 0 Å². The van der Waals surface area contributed by atoms with E-state index in [9.17, 15) is 18.0 Å². The maximum atomic E-state index is 13.1. The van der Waals surface area contributed by atoms with E-state index in [-0.39, 0.29) is 37.7 Å². The van der Waals surface area contributed by atoms with Crippen molar-refractivity contribution in [3.05, 3.63) is 63.6 Å². The molecule has 0 fully saturated rings. The predicted molar refractivity (Wildman–Crippen MR) is 133 cm³/mol. The summed E-state index contributed by atoms with van der Waals surface area (Å²) in [4.78, 5) is 26.8. The van der Waals surface area contributed by atoms with Gasteiger partial charge in [-0.1, -0.05) is 41.4 Å². The third-order valence-corrected chi connectivity index (χ3v) is 7.14. The van der Waals surface area contributed by atoms with Crippen LogP contribution in [0.3, 0.4) is 0 Å². The molecule has 2 aromatic carbocycles. The Labute approximate surface area is 205 Å². The lowest BCUT2D eigenvalue weighted by molar-refractivity contribution is -0.140. The number of hydrogen-bond acceptors (Lipinski definition) is 4. The lowest BCUT2D eigenvalue weighted by Crippen LogP contribution is -2.46. The molecule has 0 bridgehead atoms. The molecular formula is C23H29Cl2N3O4S. The molecule has 10 heteroatoms. The van der Waals surface area contributed by atoms with Gasteiger partial charge in [-0.2, -0.15) is 0 Å². The first-order valence-electron chi connectivity index (χ1n) is 10.4. The zero-order chi connectivity index (χ0) is 24.8. The second-order valence-corrected chi connectivity index (χ2v) is 10.5. The first kappa shape index (κ1) is 27.0. The normalized spacial score (nSPS) is 12.2. The van der Waals surface area contributed by atoms with Gasteiger partial charge in [0.2, 0.25) is 21.8 Å². The van der Waals surface area contributed by atoms with Crippen molar-refractivity contribution in [2.75, 3.05) is 24.2 Å². The topological polar surface area (TPSA) is 86.8 Å². The molecule has 2 aromatic rings. The monoisotopic (exact) mass is 513 g/mol. The highest BCUT2D eigenvalue weighted by molar-refractivity contribution is 7.92. The Morgan fingerprint density at radius 1 is 1.12 bits per heavy atom. The highest BCUT2D eigenvalue weighted by Crippen LogP contribution is 2.28. The minimum Gasteiger partial charge on any atom is -0.357 e. The summed E-state index contributed by atoms with van der Waals surface area (Å²) in [6, 6.07) is 11.4. The van der Waals surface area contributed by atoms with Crippen molar-refractivity contribution in [2.24, 2.45) is 0 Å². The summed E-state index contributed by atoms with van der Waals surface area (Å²) < 4.78 is 26.1. The van der Waals surface area contributed by atoms with Crippen LogP contribution in [0.25, 0.3) is 0 Å². The Kier molecular flexibility index (Phi) is 9.57. The molecule has 0 unspecified atom stereocenters. The van der Waals surface area contributed by atoms with Gasteiger partial charge in [-0.05, 0) is 55.7 Å². The number of carbonyl (C=O) groups excluding carboxylic acids is 2. The molecule has 2 rings (SSSR count). The zero-order valence-corrected chi connectivity index (χ0v) is 21.5. The fraction of sp³-hybridized carbons (Fsp3) is 0.391. The van der Waals surface area contributed by atoms with E-state index in [4.69, 9.17) is 23.2 Å². The van der Waals surface area contributed by atoms with Crippen LogP contribution in [0.2, 0.25) is 10.0 Å². The first-order chi connectivity index (χ1) is 15.5. The minimum absolute atomic E-state index is 0.0630. The molecule has 7 nitrogen and oxygen atoms in total. The van der Waals surface area contributed by atoms with E-state index in [2.05, 4.69) is 5.32 Å². The molecule has 33 heavy (non-hydrogen) atoms. The number of anilines is 1. The Morgan fingerprint density at radius 2 is 1.79 bits per heavy atom. The number of rotatable bonds is 10. The first-order valence-corrected chi connectivity index (χ1v) is 13.0. The molecule has 1 N–H and O–H groups in total. The second kappa shape index (κ2) is 11.7. The van der Waals surface area contributed by atoms with Crippen molar-refractivity contribution in [3.63, 3.8) is 0 Å². The van der Waals surface area contributed by atoms with Gasteiger partial charge in [0, 0.05) is 36.6 Å². The molecule has 0 aliphatic carbocycles. The molecule has 0 heterocycles. The van der Waals surface area contributed by atoms with Gasteiger partial charge >= 0.3 is 0 Å². The second-order valence-electron chi connectivity index (χ2n) is 7.76. The summed E-state index contributed by atoms with van der Waals surface area (Å²) in [5, 5.41) is 3.56. The van der Waals surface area contributed by atoms with Gasteiger partial charge in [0.1, 0.15) is 6.04 Å². The molecule has 0 aliphatic rings. The smallest absolute Gasteiger partial charge is 0.242 e. The number of likely N-dealkylation sites (N-methyl/N-ethyl adjacent to an activating group) is 1. The predicted octanol–water partition coefficient (Wildman–Crippen LogP) is 4.01. The van der Waals surface area contributed by atoms with Gasteiger partial charge in [-0.15, -0.1) is 0 Å². The van der Waals surface area contributed by atoms with Crippen molar-refractivity contribution in [1.29, 1.82) is 0 Å². The maximum absolute atomic E-state index is 13.1. The Balaban J connectivity index is 2.18. The summed E-state index contributed by atoms with van der Waals surface area (Å²) in [6.45, 7) is 3.71. The van der Waals surface area contributed by atoms with Crippen molar-refractivity contribution in [3.8, 4) is 0 Å². The van der Waals surface area contributed by atoms with Crippen LogP contribution in [0.4, 0.5) is 5.69 Å². The van der Waals surface area contributed by atoms with Crippen LogP contribution in [0, 0.1) is 6.92 Å². The Bertz CT molecular complexity index is 1110. The van der Waals surface area contributed by atoms with Crippen LogP contribution < -0.4 is 9.62 Å². The summed E-state index contributed by atoms with van der Waals surface area (Å²) in [6.07, 6.45) is 1.45. The number of nitrogens with one attached hydrogen (secondary N) is 1. The molecule has 0 saturated carbocycles. The van der Waals surface area contributed by atoms with Crippen molar-refractivity contribution in [1.82, 2.24) is 10.2 Å². The third kappa shape index (κ3) is 7.35. The van der Waals surface area contributed by atoms with Crippen LogP contribution in [0.1, 0.15) is 30.9 Å². The molecule has 0 radical (unpaired) electrons. The molecule has 0 aromatic heterocycles. The maximum Gasteiger partial charge on any atom is 0.242 e. The highest BCUT2D eigenvalue weighted by Gasteiger charge is 2.26. The van der Waals surface area contributed by atoms with E-state index >= 15 is 0 Å². The van der Waals surface area contributed by atoms with Crippen LogP contribution in [0.15, 0.2) is 42.5 Å². The van der Waals surface area contributed by atoms with Crippen LogP contribution >= 0.6 is 23.2 Å². The molecule has 2 amide bonds. The third-order valence-electron chi connectivity index (χ3n) is 5.32. The average molecular weight is 514 g/mol. The van der Waals surface area contributed by atoms with E-state index in [1.807, 2.05) is 6.07 Å². The molecule has 0 spiro atoms. The lowest BCUT2D eigenvalue weighted by atomic mass is 10.1. The summed E-state index contributed by atoms with van der Waals surface area (Å²) in [5.41, 5.74) is 1.91. The summed E-state index contributed by atoms with van der Waals surface area (Å²) in [5.74, 6) is -0.556.